The first-order valence-electron chi connectivity index (χ1n) is 8.34. The van der Waals surface area contributed by atoms with E-state index in [0.29, 0.717) is 19.0 Å². The number of ether oxygens (including phenoxy) is 3. The first kappa shape index (κ1) is 16.9. The molecule has 0 unspecified atom stereocenters. The summed E-state index contributed by atoms with van der Waals surface area (Å²) in [6.07, 6.45) is 1.78. The molecule has 3 aromatic rings. The molecule has 5 heteroatoms. The van der Waals surface area contributed by atoms with Gasteiger partial charge in [0.2, 0.25) is 0 Å². The lowest BCUT2D eigenvalue weighted by Gasteiger charge is -2.15. The highest BCUT2D eigenvalue weighted by atomic mass is 16.5. The Morgan fingerprint density at radius 3 is 2.44 bits per heavy atom. The molecule has 0 atom stereocenters. The van der Waals surface area contributed by atoms with Crippen LogP contribution in [0.25, 0.3) is 10.9 Å². The van der Waals surface area contributed by atoms with E-state index in [4.69, 9.17) is 14.2 Å². The Morgan fingerprint density at radius 1 is 0.960 bits per heavy atom. The minimum atomic E-state index is 0.574. The van der Waals surface area contributed by atoms with Crippen molar-refractivity contribution in [3.8, 4) is 17.2 Å². The van der Waals surface area contributed by atoms with Gasteiger partial charge in [-0.2, -0.15) is 0 Å². The van der Waals surface area contributed by atoms with Crippen LogP contribution in [0.5, 0.6) is 17.2 Å². The second-order valence-electron chi connectivity index (χ2n) is 5.40. The molecule has 3 rings (SSSR count). The summed E-state index contributed by atoms with van der Waals surface area (Å²) in [6.45, 7) is 5.06. The molecule has 5 nitrogen and oxygen atoms in total. The molecule has 130 valence electrons. The summed E-state index contributed by atoms with van der Waals surface area (Å²) in [7, 11) is 1.66. The van der Waals surface area contributed by atoms with Crippen molar-refractivity contribution < 1.29 is 14.2 Å². The molecular formula is C20H22N2O3. The summed E-state index contributed by atoms with van der Waals surface area (Å²) in [5, 5.41) is 4.40. The molecule has 0 spiro atoms. The van der Waals surface area contributed by atoms with Gasteiger partial charge in [-0.15, -0.1) is 0 Å². The van der Waals surface area contributed by atoms with E-state index in [1.165, 1.54) is 0 Å². The molecule has 0 amide bonds. The van der Waals surface area contributed by atoms with E-state index in [1.54, 1.807) is 13.3 Å². The molecule has 0 fully saturated rings. The second kappa shape index (κ2) is 7.75. The van der Waals surface area contributed by atoms with Gasteiger partial charge in [0.25, 0.3) is 0 Å². The van der Waals surface area contributed by atoms with Gasteiger partial charge in [-0.05, 0) is 38.1 Å². The maximum absolute atomic E-state index is 5.74. The van der Waals surface area contributed by atoms with Gasteiger partial charge in [-0.1, -0.05) is 6.07 Å². The number of rotatable bonds is 7. The first-order chi connectivity index (χ1) is 12.2. The molecule has 25 heavy (non-hydrogen) atoms. The lowest BCUT2D eigenvalue weighted by atomic mass is 10.1. The van der Waals surface area contributed by atoms with Gasteiger partial charge in [0.1, 0.15) is 5.75 Å². The van der Waals surface area contributed by atoms with Crippen LogP contribution < -0.4 is 19.5 Å². The number of nitrogens with zero attached hydrogens (tertiary/aromatic N) is 1. The maximum atomic E-state index is 5.74. The minimum absolute atomic E-state index is 0.574. The van der Waals surface area contributed by atoms with Crippen LogP contribution in [0.2, 0.25) is 0 Å². The SMILES string of the molecule is CCOc1cc2nccc(Nc3cccc(OC)c3)c2cc1OCC. The summed E-state index contributed by atoms with van der Waals surface area (Å²) in [5.74, 6) is 2.23. The first-order valence-corrected chi connectivity index (χ1v) is 8.34. The number of fused-ring (bicyclic) bond motifs is 1. The summed E-state index contributed by atoms with van der Waals surface area (Å²) in [6, 6.07) is 13.6. The molecule has 0 aliphatic rings. The Balaban J connectivity index is 2.04. The number of anilines is 2. The largest absolute Gasteiger partial charge is 0.497 e. The van der Waals surface area contributed by atoms with Crippen molar-refractivity contribution in [3.63, 3.8) is 0 Å². The molecule has 1 heterocycles. The van der Waals surface area contributed by atoms with Crippen molar-refractivity contribution in [2.24, 2.45) is 0 Å². The number of hydrogen-bond acceptors (Lipinski definition) is 5. The van der Waals surface area contributed by atoms with E-state index in [2.05, 4.69) is 10.3 Å². The van der Waals surface area contributed by atoms with Gasteiger partial charge in [-0.3, -0.25) is 4.98 Å². The molecule has 0 saturated carbocycles. The van der Waals surface area contributed by atoms with Crippen LogP contribution >= 0.6 is 0 Å². The molecule has 0 saturated heterocycles. The summed E-state index contributed by atoms with van der Waals surface area (Å²) in [4.78, 5) is 4.46. The number of aromatic nitrogens is 1. The minimum Gasteiger partial charge on any atom is -0.497 e. The zero-order valence-corrected chi connectivity index (χ0v) is 14.7. The highest BCUT2D eigenvalue weighted by Crippen LogP contribution is 2.36. The highest BCUT2D eigenvalue weighted by Gasteiger charge is 2.11. The molecule has 0 aliphatic carbocycles. The van der Waals surface area contributed by atoms with Gasteiger partial charge < -0.3 is 19.5 Å². The van der Waals surface area contributed by atoms with Crippen LogP contribution in [0.1, 0.15) is 13.8 Å². The molecule has 1 N–H and O–H groups in total. The van der Waals surface area contributed by atoms with Crippen molar-refractivity contribution in [1.29, 1.82) is 0 Å². The van der Waals surface area contributed by atoms with Crippen molar-refractivity contribution in [2.75, 3.05) is 25.6 Å². The Kier molecular flexibility index (Phi) is 5.23. The fourth-order valence-electron chi connectivity index (χ4n) is 2.66. The monoisotopic (exact) mass is 338 g/mol. The van der Waals surface area contributed by atoms with Crippen LogP contribution in [0, 0.1) is 0 Å². The van der Waals surface area contributed by atoms with E-state index in [0.717, 1.165) is 33.8 Å². The van der Waals surface area contributed by atoms with Crippen molar-refractivity contribution in [1.82, 2.24) is 4.98 Å². The highest BCUT2D eigenvalue weighted by molar-refractivity contribution is 5.95. The summed E-state index contributed by atoms with van der Waals surface area (Å²) >= 11 is 0. The van der Waals surface area contributed by atoms with Crippen LogP contribution in [0.15, 0.2) is 48.7 Å². The molecule has 0 bridgehead atoms. The van der Waals surface area contributed by atoms with Gasteiger partial charge in [-0.25, -0.2) is 0 Å². The maximum Gasteiger partial charge on any atom is 0.163 e. The fourth-order valence-corrected chi connectivity index (χ4v) is 2.66. The van der Waals surface area contributed by atoms with Crippen LogP contribution in [0.4, 0.5) is 11.4 Å². The number of hydrogen-bond donors (Lipinski definition) is 1. The zero-order chi connectivity index (χ0) is 17.6. The van der Waals surface area contributed by atoms with Crippen LogP contribution in [-0.2, 0) is 0 Å². The molecule has 0 aliphatic heterocycles. The molecular weight excluding hydrogens is 316 g/mol. The third kappa shape index (κ3) is 3.76. The van der Waals surface area contributed by atoms with Crippen molar-refractivity contribution in [2.45, 2.75) is 13.8 Å². The second-order valence-corrected chi connectivity index (χ2v) is 5.40. The van der Waals surface area contributed by atoms with Crippen LogP contribution in [-0.4, -0.2) is 25.3 Å². The fraction of sp³-hybridized carbons (Fsp3) is 0.250. The van der Waals surface area contributed by atoms with E-state index in [1.807, 2.05) is 56.3 Å². The summed E-state index contributed by atoms with van der Waals surface area (Å²) < 4.78 is 16.7. The average Bonchev–Trinajstić information content (AvgIpc) is 2.63. The predicted octanol–water partition coefficient (Wildman–Crippen LogP) is 4.78. The normalized spacial score (nSPS) is 10.5. The third-order valence-corrected chi connectivity index (χ3v) is 3.76. The topological polar surface area (TPSA) is 52.6 Å². The lowest BCUT2D eigenvalue weighted by molar-refractivity contribution is 0.288. The van der Waals surface area contributed by atoms with Crippen molar-refractivity contribution in [3.05, 3.63) is 48.7 Å². The number of pyridine rings is 1. The number of methoxy groups -OCH3 is 1. The lowest BCUT2D eigenvalue weighted by Crippen LogP contribution is -2.00. The Bertz CT molecular complexity index is 865. The zero-order valence-electron chi connectivity index (χ0n) is 14.7. The number of nitrogens with one attached hydrogen (secondary N) is 1. The van der Waals surface area contributed by atoms with Gasteiger partial charge in [0, 0.05) is 35.1 Å². The Morgan fingerprint density at radius 2 is 1.72 bits per heavy atom. The van der Waals surface area contributed by atoms with E-state index in [9.17, 15) is 0 Å². The predicted molar refractivity (Wildman–Crippen MR) is 100 cm³/mol. The standard InChI is InChI=1S/C20H22N2O3/c1-4-24-19-12-16-17(22-14-7-6-8-15(11-14)23-3)9-10-21-18(16)13-20(19)25-5-2/h6-13H,4-5H2,1-3H3,(H,21,22). The molecule has 0 radical (unpaired) electrons. The van der Waals surface area contributed by atoms with Crippen LogP contribution in [0.3, 0.4) is 0 Å². The van der Waals surface area contributed by atoms with Gasteiger partial charge >= 0.3 is 0 Å². The number of benzene rings is 2. The Hall–Kier alpha value is -2.95. The summed E-state index contributed by atoms with van der Waals surface area (Å²) in [5.41, 5.74) is 2.74. The quantitative estimate of drug-likeness (QED) is 0.671. The van der Waals surface area contributed by atoms with Gasteiger partial charge in [0.15, 0.2) is 11.5 Å². The van der Waals surface area contributed by atoms with E-state index < -0.39 is 0 Å². The smallest absolute Gasteiger partial charge is 0.163 e. The average molecular weight is 338 g/mol. The Labute approximate surface area is 147 Å². The third-order valence-electron chi connectivity index (χ3n) is 3.76. The molecule has 2 aromatic carbocycles. The van der Waals surface area contributed by atoms with Gasteiger partial charge in [0.05, 0.1) is 25.8 Å². The van der Waals surface area contributed by atoms with Crippen molar-refractivity contribution >= 4 is 22.3 Å². The van der Waals surface area contributed by atoms with E-state index in [-0.39, 0.29) is 0 Å². The van der Waals surface area contributed by atoms with E-state index >= 15 is 0 Å². The molecule has 1 aromatic heterocycles.